The van der Waals surface area contributed by atoms with Crippen LogP contribution in [0, 0.1) is 0 Å². The van der Waals surface area contributed by atoms with E-state index in [1.807, 2.05) is 0 Å². The number of nitrogen functional groups attached to an aromatic ring is 1. The first-order valence-corrected chi connectivity index (χ1v) is 10.5. The Morgan fingerprint density at radius 1 is 1.39 bits per heavy atom. The number of rotatable bonds is 5. The predicted molar refractivity (Wildman–Crippen MR) is 98.6 cm³/mol. The molecule has 3 rings (SSSR count). The van der Waals surface area contributed by atoms with E-state index in [-0.39, 0.29) is 23.5 Å². The second-order valence-electron chi connectivity index (χ2n) is 7.56. The van der Waals surface area contributed by atoms with E-state index in [1.54, 1.807) is 13.8 Å². The van der Waals surface area contributed by atoms with Crippen LogP contribution >= 0.6 is 7.60 Å². The number of fused-ring (bicyclic) bond motifs is 1. The molecule has 1 aliphatic heterocycles. The molecule has 2 aromatic rings. The summed E-state index contributed by atoms with van der Waals surface area (Å²) in [5, 5.41) is 20.9. The van der Waals surface area contributed by atoms with Crippen molar-refractivity contribution in [3.05, 3.63) is 16.7 Å². The van der Waals surface area contributed by atoms with Gasteiger partial charge in [0.2, 0.25) is 5.95 Å². The zero-order valence-corrected chi connectivity index (χ0v) is 16.8. The van der Waals surface area contributed by atoms with Crippen molar-refractivity contribution in [1.29, 1.82) is 0 Å². The zero-order chi connectivity index (χ0) is 21.0. The van der Waals surface area contributed by atoms with Crippen LogP contribution in [0.3, 0.4) is 0 Å². The van der Waals surface area contributed by atoms with E-state index in [0.717, 1.165) is 11.2 Å². The Kier molecular flexibility index (Phi) is 5.15. The van der Waals surface area contributed by atoms with Crippen LogP contribution in [-0.2, 0) is 20.9 Å². The number of nitrogens with zero attached hydrogens (tertiary/aromatic N) is 4. The first-order chi connectivity index (χ1) is 12.8. The lowest BCUT2D eigenvalue weighted by Crippen LogP contribution is -2.37. The maximum absolute atomic E-state index is 12.3. The van der Waals surface area contributed by atoms with Crippen molar-refractivity contribution < 1.29 is 28.9 Å². The van der Waals surface area contributed by atoms with Gasteiger partial charge in [-0.2, -0.15) is 4.98 Å². The lowest BCUT2D eigenvalue weighted by molar-refractivity contribution is -0.0600. The van der Waals surface area contributed by atoms with E-state index in [4.69, 9.17) is 15.0 Å². The van der Waals surface area contributed by atoms with E-state index in [0.29, 0.717) is 0 Å². The molecule has 0 aliphatic carbocycles. The molecule has 156 valence electrons. The molecule has 0 bridgehead atoms. The van der Waals surface area contributed by atoms with Crippen LogP contribution in [0.15, 0.2) is 11.1 Å². The Labute approximate surface area is 160 Å². The number of aliphatic hydroxyl groups is 2. The van der Waals surface area contributed by atoms with Gasteiger partial charge in [0, 0.05) is 20.1 Å². The van der Waals surface area contributed by atoms with Gasteiger partial charge < -0.3 is 30.1 Å². The van der Waals surface area contributed by atoms with Crippen LogP contribution in [0.2, 0.25) is 0 Å². The highest BCUT2D eigenvalue weighted by atomic mass is 31.2. The van der Waals surface area contributed by atoms with Gasteiger partial charge in [-0.1, -0.05) is 0 Å². The molecule has 2 aromatic heterocycles. The van der Waals surface area contributed by atoms with E-state index >= 15 is 0 Å². The summed E-state index contributed by atoms with van der Waals surface area (Å²) in [6.07, 6.45) is -3.33. The van der Waals surface area contributed by atoms with E-state index in [2.05, 4.69) is 9.97 Å². The number of imidazole rings is 1. The third kappa shape index (κ3) is 3.84. The Morgan fingerprint density at radius 2 is 2.04 bits per heavy atom. The molecule has 0 spiro atoms. The molecule has 1 saturated heterocycles. The van der Waals surface area contributed by atoms with Crippen molar-refractivity contribution in [3.63, 3.8) is 0 Å². The molecule has 28 heavy (non-hydrogen) atoms. The third-order valence-corrected chi connectivity index (χ3v) is 5.39. The number of ether oxygens (including phenoxy) is 1. The number of hydrogen-bond donors (Lipinski definition) is 4. The largest absolute Gasteiger partial charge is 0.388 e. The van der Waals surface area contributed by atoms with E-state index in [9.17, 15) is 24.5 Å². The summed E-state index contributed by atoms with van der Waals surface area (Å²) in [6, 6.07) is 0. The number of aromatic nitrogens is 4. The van der Waals surface area contributed by atoms with Gasteiger partial charge in [-0.3, -0.25) is 18.5 Å². The van der Waals surface area contributed by atoms with E-state index in [1.165, 1.54) is 17.9 Å². The topological polar surface area (TPSA) is 175 Å². The maximum Gasteiger partial charge on any atom is 0.325 e. The van der Waals surface area contributed by atoms with Gasteiger partial charge in [-0.05, 0) is 13.8 Å². The summed E-state index contributed by atoms with van der Waals surface area (Å²) in [5.41, 5.74) is 4.33. The fourth-order valence-corrected chi connectivity index (χ4v) is 4.35. The second kappa shape index (κ2) is 6.90. The third-order valence-electron chi connectivity index (χ3n) is 4.56. The van der Waals surface area contributed by atoms with Crippen LogP contribution in [-0.4, -0.2) is 64.8 Å². The average molecular weight is 417 g/mol. The maximum atomic E-state index is 12.3. The average Bonchev–Trinajstić information content (AvgIpc) is 3.06. The highest BCUT2D eigenvalue weighted by Gasteiger charge is 2.47. The molecular formula is C15H24N5O7P. The minimum absolute atomic E-state index is 0.0318. The molecule has 0 amide bonds. The van der Waals surface area contributed by atoms with Crippen LogP contribution < -0.4 is 11.3 Å². The minimum atomic E-state index is -3.77. The SMILES string of the molecule is Cn1c(N)nc2c(ncn2[C@@H]2OC(CC(C)(C)OP(C)(=O)O)[C@@H](O)[C@H]2O)c1=O. The summed E-state index contributed by atoms with van der Waals surface area (Å²) in [5.74, 6) is -0.0417. The number of anilines is 1. The minimum Gasteiger partial charge on any atom is -0.388 e. The van der Waals surface area contributed by atoms with Crippen LogP contribution in [0.25, 0.3) is 11.2 Å². The van der Waals surface area contributed by atoms with Gasteiger partial charge in [-0.15, -0.1) is 0 Å². The molecular weight excluding hydrogens is 393 g/mol. The quantitative estimate of drug-likeness (QED) is 0.457. The van der Waals surface area contributed by atoms with Crippen molar-refractivity contribution in [2.75, 3.05) is 12.4 Å². The Balaban J connectivity index is 1.90. The molecule has 5 atom stereocenters. The lowest BCUT2D eigenvalue weighted by atomic mass is 9.97. The van der Waals surface area contributed by atoms with Crippen molar-refractivity contribution in [2.24, 2.45) is 7.05 Å². The van der Waals surface area contributed by atoms with E-state index < -0.39 is 43.3 Å². The second-order valence-corrected chi connectivity index (χ2v) is 9.35. The molecule has 1 aliphatic rings. The lowest BCUT2D eigenvalue weighted by Gasteiger charge is -2.29. The van der Waals surface area contributed by atoms with Gasteiger partial charge in [0.15, 0.2) is 17.4 Å². The van der Waals surface area contributed by atoms with Crippen molar-refractivity contribution >= 4 is 24.7 Å². The Morgan fingerprint density at radius 3 is 2.64 bits per heavy atom. The normalized spacial score (nSPS) is 28.0. The Bertz CT molecular complexity index is 997. The summed E-state index contributed by atoms with van der Waals surface area (Å²) in [7, 11) is -2.31. The summed E-state index contributed by atoms with van der Waals surface area (Å²) < 4.78 is 25.0. The van der Waals surface area contributed by atoms with Gasteiger partial charge in [-0.25, -0.2) is 4.98 Å². The molecule has 0 saturated carbocycles. The Hall–Kier alpha value is -1.82. The molecule has 13 heteroatoms. The molecule has 3 heterocycles. The fraction of sp³-hybridized carbons (Fsp3) is 0.667. The highest BCUT2D eigenvalue weighted by Crippen LogP contribution is 2.45. The summed E-state index contributed by atoms with van der Waals surface area (Å²) in [4.78, 5) is 29.9. The van der Waals surface area contributed by atoms with Gasteiger partial charge >= 0.3 is 7.60 Å². The molecule has 0 radical (unpaired) electrons. The smallest absolute Gasteiger partial charge is 0.325 e. The van der Waals surface area contributed by atoms with Gasteiger partial charge in [0.05, 0.1) is 18.0 Å². The molecule has 0 aromatic carbocycles. The zero-order valence-electron chi connectivity index (χ0n) is 15.9. The van der Waals surface area contributed by atoms with Gasteiger partial charge in [0.25, 0.3) is 5.56 Å². The van der Waals surface area contributed by atoms with Crippen molar-refractivity contribution in [3.8, 4) is 0 Å². The molecule has 12 nitrogen and oxygen atoms in total. The first kappa shape index (κ1) is 20.9. The predicted octanol–water partition coefficient (Wildman–Crippen LogP) is -0.668. The number of hydrogen-bond acceptors (Lipinski definition) is 9. The van der Waals surface area contributed by atoms with Gasteiger partial charge in [0.1, 0.15) is 12.2 Å². The monoisotopic (exact) mass is 417 g/mol. The number of nitrogens with two attached hydrogens (primary N) is 1. The van der Waals surface area contributed by atoms with Crippen molar-refractivity contribution in [1.82, 2.24) is 19.1 Å². The number of aliphatic hydroxyl groups excluding tert-OH is 2. The standard InChI is InChI=1S/C15H24N5O7P/c1-15(2,27-28(4,24)25)5-7-9(21)10(22)13(26-7)20-6-17-8-11(20)18-14(16)19(3)12(8)23/h6-7,9-10,13,21-22H,5H2,1-4H3,(H2,16,18)(H,24,25)/t7?,9-,10-,13-/m1/s1. The molecule has 5 N–H and O–H groups in total. The summed E-state index contributed by atoms with van der Waals surface area (Å²) in [6.45, 7) is 4.22. The van der Waals surface area contributed by atoms with Crippen LogP contribution in [0.4, 0.5) is 5.95 Å². The summed E-state index contributed by atoms with van der Waals surface area (Å²) >= 11 is 0. The molecule has 2 unspecified atom stereocenters. The van der Waals surface area contributed by atoms with Crippen LogP contribution in [0.5, 0.6) is 0 Å². The molecule has 1 fully saturated rings. The fourth-order valence-electron chi connectivity index (χ4n) is 3.36. The van der Waals surface area contributed by atoms with Crippen molar-refractivity contribution in [2.45, 2.75) is 50.4 Å². The first-order valence-electron chi connectivity index (χ1n) is 8.52. The van der Waals surface area contributed by atoms with Crippen LogP contribution in [0.1, 0.15) is 26.5 Å². The highest BCUT2D eigenvalue weighted by molar-refractivity contribution is 7.51.